The minimum absolute atomic E-state index is 0.0630. The van der Waals surface area contributed by atoms with E-state index in [2.05, 4.69) is 24.1 Å². The molecule has 108 valence electrons. The van der Waals surface area contributed by atoms with E-state index in [0.29, 0.717) is 13.0 Å². The van der Waals surface area contributed by atoms with Crippen LogP contribution in [-0.4, -0.2) is 50.2 Å². The smallest absolute Gasteiger partial charge is 0.305 e. The van der Waals surface area contributed by atoms with E-state index >= 15 is 0 Å². The second-order valence-electron chi connectivity index (χ2n) is 4.39. The monoisotopic (exact) mass is 258 g/mol. The number of likely N-dealkylation sites (N-methyl/N-ethyl adjacent to an activating group) is 1. The van der Waals surface area contributed by atoms with Gasteiger partial charge in [0.2, 0.25) is 0 Å². The van der Waals surface area contributed by atoms with Gasteiger partial charge in [-0.1, -0.05) is 20.3 Å². The van der Waals surface area contributed by atoms with Crippen LogP contribution in [0.25, 0.3) is 0 Å². The van der Waals surface area contributed by atoms with E-state index in [9.17, 15) is 4.79 Å². The average Bonchev–Trinajstić information content (AvgIpc) is 2.37. The summed E-state index contributed by atoms with van der Waals surface area (Å²) in [7, 11) is 0. The molecule has 0 radical (unpaired) electrons. The van der Waals surface area contributed by atoms with Gasteiger partial charge in [-0.3, -0.25) is 4.79 Å². The fraction of sp³-hybridized carbons (Fsp3) is 0.929. The van der Waals surface area contributed by atoms with Crippen LogP contribution in [0.3, 0.4) is 0 Å². The van der Waals surface area contributed by atoms with Crippen LogP contribution in [0.15, 0.2) is 0 Å². The van der Waals surface area contributed by atoms with Crippen molar-refractivity contribution in [2.45, 2.75) is 46.5 Å². The molecule has 0 bridgehead atoms. The zero-order valence-electron chi connectivity index (χ0n) is 12.3. The van der Waals surface area contributed by atoms with Gasteiger partial charge in [0.1, 0.15) is 0 Å². The summed E-state index contributed by atoms with van der Waals surface area (Å²) >= 11 is 0. The normalized spacial score (nSPS) is 10.9. The molecule has 0 rings (SSSR count). The Kier molecular flexibility index (Phi) is 12.4. The van der Waals surface area contributed by atoms with Crippen LogP contribution in [0.2, 0.25) is 0 Å². The molecule has 0 saturated carbocycles. The zero-order chi connectivity index (χ0) is 13.6. The van der Waals surface area contributed by atoms with Crippen molar-refractivity contribution in [2.75, 3.05) is 39.3 Å². The third-order valence-corrected chi connectivity index (χ3v) is 3.04. The van der Waals surface area contributed by atoms with Gasteiger partial charge >= 0.3 is 5.97 Å². The summed E-state index contributed by atoms with van der Waals surface area (Å²) in [6.45, 7) is 12.2. The van der Waals surface area contributed by atoms with Gasteiger partial charge in [-0.05, 0) is 39.4 Å². The average molecular weight is 258 g/mol. The maximum Gasteiger partial charge on any atom is 0.305 e. The second-order valence-corrected chi connectivity index (χ2v) is 4.39. The Morgan fingerprint density at radius 1 is 1.06 bits per heavy atom. The predicted octanol–water partition coefficient (Wildman–Crippen LogP) is 2.04. The zero-order valence-corrected chi connectivity index (χ0v) is 12.3. The minimum atomic E-state index is -0.0630. The van der Waals surface area contributed by atoms with Crippen LogP contribution < -0.4 is 5.32 Å². The molecule has 0 aliphatic heterocycles. The van der Waals surface area contributed by atoms with Crippen LogP contribution in [0, 0.1) is 0 Å². The molecule has 1 N–H and O–H groups in total. The summed E-state index contributed by atoms with van der Waals surface area (Å²) < 4.78 is 4.88. The number of carbonyl (C=O) groups is 1. The molecule has 4 nitrogen and oxygen atoms in total. The highest BCUT2D eigenvalue weighted by molar-refractivity contribution is 5.69. The highest BCUT2D eigenvalue weighted by Crippen LogP contribution is 2.00. The van der Waals surface area contributed by atoms with Gasteiger partial charge in [-0.25, -0.2) is 0 Å². The molecule has 0 unspecified atom stereocenters. The lowest BCUT2D eigenvalue weighted by atomic mass is 10.2. The van der Waals surface area contributed by atoms with Gasteiger partial charge in [0.25, 0.3) is 0 Å². The number of hydrogen-bond acceptors (Lipinski definition) is 4. The van der Waals surface area contributed by atoms with E-state index in [0.717, 1.165) is 52.0 Å². The first-order valence-electron chi connectivity index (χ1n) is 7.33. The molecule has 0 aromatic carbocycles. The highest BCUT2D eigenvalue weighted by atomic mass is 16.5. The van der Waals surface area contributed by atoms with Crippen LogP contribution in [-0.2, 0) is 9.53 Å². The van der Waals surface area contributed by atoms with E-state index in [-0.39, 0.29) is 5.97 Å². The molecule has 0 aromatic rings. The highest BCUT2D eigenvalue weighted by Gasteiger charge is 2.00. The van der Waals surface area contributed by atoms with Crippen molar-refractivity contribution < 1.29 is 9.53 Å². The van der Waals surface area contributed by atoms with Crippen LogP contribution in [0.4, 0.5) is 0 Å². The van der Waals surface area contributed by atoms with Crippen molar-refractivity contribution in [3.05, 3.63) is 0 Å². The molecule has 4 heteroatoms. The van der Waals surface area contributed by atoms with E-state index in [1.165, 1.54) is 0 Å². The Morgan fingerprint density at radius 3 is 2.39 bits per heavy atom. The van der Waals surface area contributed by atoms with Gasteiger partial charge in [-0.15, -0.1) is 0 Å². The number of ether oxygens (including phenoxy) is 1. The maximum atomic E-state index is 11.1. The third kappa shape index (κ3) is 10.5. The number of unbranched alkanes of at least 4 members (excludes halogenated alkanes) is 2. The third-order valence-electron chi connectivity index (χ3n) is 3.04. The Bertz CT molecular complexity index is 194. The number of nitrogens with zero attached hydrogens (tertiary/aromatic N) is 1. The molecule has 0 amide bonds. The van der Waals surface area contributed by atoms with Crippen LogP contribution >= 0.6 is 0 Å². The molecule has 0 aromatic heterocycles. The number of carbonyl (C=O) groups excluding carboxylic acids is 1. The molecule has 18 heavy (non-hydrogen) atoms. The fourth-order valence-corrected chi connectivity index (χ4v) is 1.83. The van der Waals surface area contributed by atoms with Crippen molar-refractivity contribution >= 4 is 5.97 Å². The van der Waals surface area contributed by atoms with Crippen molar-refractivity contribution in [1.29, 1.82) is 0 Å². The summed E-state index contributed by atoms with van der Waals surface area (Å²) in [5.74, 6) is -0.0630. The Labute approximate surface area is 112 Å². The van der Waals surface area contributed by atoms with Gasteiger partial charge in [0, 0.05) is 19.5 Å². The summed E-state index contributed by atoms with van der Waals surface area (Å²) in [5.41, 5.74) is 0. The number of rotatable bonds is 12. The Hall–Kier alpha value is -0.610. The van der Waals surface area contributed by atoms with E-state index in [4.69, 9.17) is 4.74 Å². The maximum absolute atomic E-state index is 11.1. The molecule has 0 spiro atoms. The topological polar surface area (TPSA) is 41.6 Å². The fourth-order valence-electron chi connectivity index (χ4n) is 1.83. The van der Waals surface area contributed by atoms with Gasteiger partial charge in [0.15, 0.2) is 0 Å². The summed E-state index contributed by atoms with van der Waals surface area (Å²) in [5, 5.41) is 3.44. The van der Waals surface area contributed by atoms with Gasteiger partial charge in [-0.2, -0.15) is 0 Å². The van der Waals surface area contributed by atoms with E-state index in [1.807, 2.05) is 6.92 Å². The minimum Gasteiger partial charge on any atom is -0.466 e. The lowest BCUT2D eigenvalue weighted by Gasteiger charge is -2.17. The lowest BCUT2D eigenvalue weighted by molar-refractivity contribution is -0.143. The van der Waals surface area contributed by atoms with Crippen molar-refractivity contribution in [3.63, 3.8) is 0 Å². The lowest BCUT2D eigenvalue weighted by Crippen LogP contribution is -2.32. The quantitative estimate of drug-likeness (QED) is 0.430. The van der Waals surface area contributed by atoms with Crippen molar-refractivity contribution in [1.82, 2.24) is 10.2 Å². The van der Waals surface area contributed by atoms with Crippen molar-refractivity contribution in [2.24, 2.45) is 0 Å². The molecule has 0 aliphatic carbocycles. The molecular formula is C14H30N2O2. The SMILES string of the molecule is CCOC(=O)CCCCCNCCN(CC)CC. The molecule has 0 heterocycles. The van der Waals surface area contributed by atoms with E-state index in [1.54, 1.807) is 0 Å². The number of hydrogen-bond donors (Lipinski definition) is 1. The van der Waals surface area contributed by atoms with Crippen LogP contribution in [0.1, 0.15) is 46.5 Å². The summed E-state index contributed by atoms with van der Waals surface area (Å²) in [6.07, 6.45) is 3.73. The Morgan fingerprint density at radius 2 is 1.78 bits per heavy atom. The summed E-state index contributed by atoms with van der Waals surface area (Å²) in [4.78, 5) is 13.5. The first kappa shape index (κ1) is 17.4. The Balaban J connectivity index is 3.18. The van der Waals surface area contributed by atoms with Gasteiger partial charge in [0.05, 0.1) is 6.61 Å². The molecule has 0 fully saturated rings. The second kappa shape index (κ2) is 12.8. The number of nitrogens with one attached hydrogen (secondary N) is 1. The molecule has 0 aliphatic rings. The standard InChI is InChI=1S/C14H30N2O2/c1-4-16(5-2)13-12-15-11-9-7-8-10-14(17)18-6-3/h15H,4-13H2,1-3H3. The molecule has 0 saturated heterocycles. The van der Waals surface area contributed by atoms with Crippen LogP contribution in [0.5, 0.6) is 0 Å². The first-order valence-corrected chi connectivity index (χ1v) is 7.33. The van der Waals surface area contributed by atoms with E-state index < -0.39 is 0 Å². The number of esters is 1. The molecule has 0 atom stereocenters. The van der Waals surface area contributed by atoms with Crippen molar-refractivity contribution in [3.8, 4) is 0 Å². The molecular weight excluding hydrogens is 228 g/mol. The predicted molar refractivity (Wildman–Crippen MR) is 75.8 cm³/mol. The first-order chi connectivity index (χ1) is 8.74. The largest absolute Gasteiger partial charge is 0.466 e. The summed E-state index contributed by atoms with van der Waals surface area (Å²) in [6, 6.07) is 0. The van der Waals surface area contributed by atoms with Gasteiger partial charge < -0.3 is 15.0 Å².